The molecule has 1 unspecified atom stereocenters. The molecule has 1 aliphatic rings. The Labute approximate surface area is 82.9 Å². The van der Waals surface area contributed by atoms with E-state index in [2.05, 4.69) is 10.6 Å². The van der Waals surface area contributed by atoms with E-state index >= 15 is 0 Å². The molecule has 2 amide bonds. The van der Waals surface area contributed by atoms with Crippen LogP contribution in [-0.4, -0.2) is 35.6 Å². The molecule has 5 heteroatoms. The lowest BCUT2D eigenvalue weighted by Crippen LogP contribution is -2.45. The number of aliphatic hydroxyl groups excluding tert-OH is 1. The number of hydrogen-bond donors (Lipinski definition) is 3. The van der Waals surface area contributed by atoms with Crippen LogP contribution in [0.3, 0.4) is 0 Å². The molecular formula is C9H16N2O3. The van der Waals surface area contributed by atoms with Crippen molar-refractivity contribution in [3.8, 4) is 0 Å². The molecule has 2 atom stereocenters. The molecule has 80 valence electrons. The zero-order valence-electron chi connectivity index (χ0n) is 8.25. The number of nitrogens with one attached hydrogen (secondary N) is 2. The topological polar surface area (TPSA) is 78.4 Å². The SMILES string of the molecule is CC(CCO)NC(=O)[C@@H]1CCC(=O)N1. The van der Waals surface area contributed by atoms with Crippen LogP contribution in [0.2, 0.25) is 0 Å². The molecule has 1 rings (SSSR count). The van der Waals surface area contributed by atoms with E-state index in [0.717, 1.165) is 0 Å². The predicted molar refractivity (Wildman–Crippen MR) is 50.5 cm³/mol. The van der Waals surface area contributed by atoms with Crippen molar-refractivity contribution >= 4 is 11.8 Å². The molecule has 0 aromatic rings. The van der Waals surface area contributed by atoms with Gasteiger partial charge in [0.2, 0.25) is 11.8 Å². The summed E-state index contributed by atoms with van der Waals surface area (Å²) in [6.07, 6.45) is 1.52. The van der Waals surface area contributed by atoms with Crippen LogP contribution in [0.15, 0.2) is 0 Å². The van der Waals surface area contributed by atoms with Gasteiger partial charge in [0.25, 0.3) is 0 Å². The Kier molecular flexibility index (Phi) is 3.88. The van der Waals surface area contributed by atoms with Gasteiger partial charge in [0, 0.05) is 19.1 Å². The average molecular weight is 200 g/mol. The van der Waals surface area contributed by atoms with Gasteiger partial charge >= 0.3 is 0 Å². The highest BCUT2D eigenvalue weighted by Crippen LogP contribution is 2.06. The van der Waals surface area contributed by atoms with E-state index in [1.807, 2.05) is 6.92 Å². The van der Waals surface area contributed by atoms with Crippen molar-refractivity contribution in [2.45, 2.75) is 38.3 Å². The normalized spacial score (nSPS) is 23.0. The zero-order chi connectivity index (χ0) is 10.6. The molecule has 0 aromatic heterocycles. The smallest absolute Gasteiger partial charge is 0.242 e. The Hall–Kier alpha value is -1.10. The number of carbonyl (C=O) groups excluding carboxylic acids is 2. The molecule has 0 aliphatic carbocycles. The second-order valence-corrected chi connectivity index (χ2v) is 3.58. The Bertz CT molecular complexity index is 230. The van der Waals surface area contributed by atoms with E-state index in [-0.39, 0.29) is 30.5 Å². The number of rotatable bonds is 4. The first-order valence-corrected chi connectivity index (χ1v) is 4.84. The summed E-state index contributed by atoms with van der Waals surface area (Å²) in [6.45, 7) is 1.88. The summed E-state index contributed by atoms with van der Waals surface area (Å²) in [5.74, 6) is -0.225. The third-order valence-electron chi connectivity index (χ3n) is 2.26. The van der Waals surface area contributed by atoms with Gasteiger partial charge in [-0.05, 0) is 19.8 Å². The van der Waals surface area contributed by atoms with E-state index in [1.165, 1.54) is 0 Å². The summed E-state index contributed by atoms with van der Waals surface area (Å²) in [5.41, 5.74) is 0. The Morgan fingerprint density at radius 1 is 1.79 bits per heavy atom. The van der Waals surface area contributed by atoms with Crippen molar-refractivity contribution < 1.29 is 14.7 Å². The zero-order valence-corrected chi connectivity index (χ0v) is 8.25. The molecule has 14 heavy (non-hydrogen) atoms. The molecule has 0 spiro atoms. The van der Waals surface area contributed by atoms with Crippen LogP contribution < -0.4 is 10.6 Å². The van der Waals surface area contributed by atoms with Gasteiger partial charge in [-0.3, -0.25) is 9.59 Å². The first-order valence-electron chi connectivity index (χ1n) is 4.84. The molecule has 0 saturated carbocycles. The van der Waals surface area contributed by atoms with Crippen molar-refractivity contribution in [1.29, 1.82) is 0 Å². The van der Waals surface area contributed by atoms with Crippen LogP contribution in [0.4, 0.5) is 0 Å². The van der Waals surface area contributed by atoms with Gasteiger partial charge in [0.15, 0.2) is 0 Å². The van der Waals surface area contributed by atoms with E-state index in [0.29, 0.717) is 19.3 Å². The monoisotopic (exact) mass is 200 g/mol. The van der Waals surface area contributed by atoms with Crippen molar-refractivity contribution in [3.05, 3.63) is 0 Å². The predicted octanol–water partition coefficient (Wildman–Crippen LogP) is -0.848. The fourth-order valence-electron chi connectivity index (χ4n) is 1.42. The highest BCUT2D eigenvalue weighted by molar-refractivity contribution is 5.90. The second kappa shape index (κ2) is 4.95. The first kappa shape index (κ1) is 11.0. The summed E-state index contributed by atoms with van der Waals surface area (Å²) in [7, 11) is 0. The summed E-state index contributed by atoms with van der Waals surface area (Å²) < 4.78 is 0. The Balaban J connectivity index is 2.31. The molecular weight excluding hydrogens is 184 g/mol. The van der Waals surface area contributed by atoms with E-state index in [9.17, 15) is 9.59 Å². The lowest BCUT2D eigenvalue weighted by atomic mass is 10.2. The summed E-state index contributed by atoms with van der Waals surface area (Å²) in [5, 5.41) is 14.0. The van der Waals surface area contributed by atoms with Crippen LogP contribution in [-0.2, 0) is 9.59 Å². The van der Waals surface area contributed by atoms with E-state index in [4.69, 9.17) is 5.11 Å². The minimum atomic E-state index is -0.386. The lowest BCUT2D eigenvalue weighted by Gasteiger charge is -2.15. The lowest BCUT2D eigenvalue weighted by molar-refractivity contribution is -0.126. The van der Waals surface area contributed by atoms with Crippen LogP contribution in [0.25, 0.3) is 0 Å². The molecule has 1 aliphatic heterocycles. The van der Waals surface area contributed by atoms with Crippen molar-refractivity contribution in [1.82, 2.24) is 10.6 Å². The molecule has 1 saturated heterocycles. The van der Waals surface area contributed by atoms with E-state index < -0.39 is 0 Å². The fourth-order valence-corrected chi connectivity index (χ4v) is 1.42. The molecule has 0 bridgehead atoms. The maximum atomic E-state index is 11.5. The Morgan fingerprint density at radius 2 is 2.50 bits per heavy atom. The van der Waals surface area contributed by atoms with E-state index in [1.54, 1.807) is 0 Å². The molecule has 0 aromatic carbocycles. The second-order valence-electron chi connectivity index (χ2n) is 3.58. The molecule has 0 radical (unpaired) electrons. The van der Waals surface area contributed by atoms with Crippen molar-refractivity contribution in [2.75, 3.05) is 6.61 Å². The maximum absolute atomic E-state index is 11.5. The highest BCUT2D eigenvalue weighted by atomic mass is 16.3. The molecule has 5 nitrogen and oxygen atoms in total. The number of aliphatic hydroxyl groups is 1. The Morgan fingerprint density at radius 3 is 3.00 bits per heavy atom. The molecule has 1 fully saturated rings. The van der Waals surface area contributed by atoms with Crippen molar-refractivity contribution in [2.24, 2.45) is 0 Å². The standard InChI is InChI=1S/C9H16N2O3/c1-6(4-5-12)10-9(14)7-2-3-8(13)11-7/h6-7,12H,2-5H2,1H3,(H,10,14)(H,11,13)/t6?,7-/m0/s1. The number of hydrogen-bond acceptors (Lipinski definition) is 3. The first-order chi connectivity index (χ1) is 6.63. The van der Waals surface area contributed by atoms with Crippen LogP contribution in [0.1, 0.15) is 26.2 Å². The van der Waals surface area contributed by atoms with Gasteiger partial charge in [-0.2, -0.15) is 0 Å². The molecule has 3 N–H and O–H groups in total. The summed E-state index contributed by atoms with van der Waals surface area (Å²) in [4.78, 5) is 22.3. The van der Waals surface area contributed by atoms with Gasteiger partial charge in [-0.15, -0.1) is 0 Å². The largest absolute Gasteiger partial charge is 0.396 e. The molecule has 1 heterocycles. The fraction of sp³-hybridized carbons (Fsp3) is 0.778. The van der Waals surface area contributed by atoms with Gasteiger partial charge in [-0.25, -0.2) is 0 Å². The number of carbonyl (C=O) groups is 2. The van der Waals surface area contributed by atoms with Gasteiger partial charge in [0.1, 0.15) is 6.04 Å². The van der Waals surface area contributed by atoms with Crippen LogP contribution >= 0.6 is 0 Å². The van der Waals surface area contributed by atoms with Gasteiger partial charge < -0.3 is 15.7 Å². The van der Waals surface area contributed by atoms with Crippen LogP contribution in [0, 0.1) is 0 Å². The average Bonchev–Trinajstić information content (AvgIpc) is 2.52. The number of amides is 2. The summed E-state index contributed by atoms with van der Waals surface area (Å²) in [6, 6.07) is -0.436. The minimum Gasteiger partial charge on any atom is -0.396 e. The third-order valence-corrected chi connectivity index (χ3v) is 2.26. The highest BCUT2D eigenvalue weighted by Gasteiger charge is 2.27. The van der Waals surface area contributed by atoms with Gasteiger partial charge in [0.05, 0.1) is 0 Å². The van der Waals surface area contributed by atoms with Crippen LogP contribution in [0.5, 0.6) is 0 Å². The quantitative estimate of drug-likeness (QED) is 0.553. The summed E-state index contributed by atoms with van der Waals surface area (Å²) >= 11 is 0. The van der Waals surface area contributed by atoms with Crippen molar-refractivity contribution in [3.63, 3.8) is 0 Å². The third kappa shape index (κ3) is 2.99. The minimum absolute atomic E-state index is 0.0509. The van der Waals surface area contributed by atoms with Gasteiger partial charge in [-0.1, -0.05) is 0 Å². The maximum Gasteiger partial charge on any atom is 0.242 e.